The molecule has 136 valence electrons. The van der Waals surface area contributed by atoms with Gasteiger partial charge in [0.2, 0.25) is 0 Å². The number of benzene rings is 1. The van der Waals surface area contributed by atoms with Gasteiger partial charge in [0.1, 0.15) is 4.88 Å². The minimum absolute atomic E-state index is 0.0241. The summed E-state index contributed by atoms with van der Waals surface area (Å²) >= 11 is 1.52. The zero-order valence-electron chi connectivity index (χ0n) is 16.1. The molecule has 25 heavy (non-hydrogen) atoms. The lowest BCUT2D eigenvalue weighted by molar-refractivity contribution is 0.0945. The number of aromatic nitrogens is 1. The molecule has 0 saturated heterocycles. The number of hydrogen-bond acceptors (Lipinski definition) is 4. The minimum atomic E-state index is -0.0241. The highest BCUT2D eigenvalue weighted by Gasteiger charge is 2.19. The van der Waals surface area contributed by atoms with Gasteiger partial charge in [-0.3, -0.25) is 4.79 Å². The van der Waals surface area contributed by atoms with Crippen LogP contribution in [0, 0.1) is 19.8 Å². The van der Waals surface area contributed by atoms with Gasteiger partial charge in [-0.2, -0.15) is 0 Å². The van der Waals surface area contributed by atoms with Crippen LogP contribution in [0.15, 0.2) is 24.3 Å². The Morgan fingerprint density at radius 2 is 1.84 bits per heavy atom. The standard InChI is InChI=1S/C20H29N3OS/c1-13(2)11-18-22-15(4)19(25-18)20(24)21-12-17(23(5)6)16-9-7-14(3)8-10-16/h7-10,13,17H,11-12H2,1-6H3,(H,21,24). The molecule has 4 nitrogen and oxygen atoms in total. The molecule has 1 aromatic heterocycles. The third-order valence-corrected chi connectivity index (χ3v) is 5.35. The Bertz CT molecular complexity index is 704. The van der Waals surface area contributed by atoms with Gasteiger partial charge in [0, 0.05) is 13.0 Å². The van der Waals surface area contributed by atoms with E-state index in [4.69, 9.17) is 0 Å². The molecule has 0 aliphatic heterocycles. The maximum absolute atomic E-state index is 12.6. The van der Waals surface area contributed by atoms with Gasteiger partial charge in [-0.25, -0.2) is 4.98 Å². The van der Waals surface area contributed by atoms with Crippen molar-refractivity contribution < 1.29 is 4.79 Å². The first kappa shape index (κ1) is 19.6. The zero-order valence-corrected chi connectivity index (χ0v) is 16.9. The van der Waals surface area contributed by atoms with Crippen LogP contribution in [0.3, 0.4) is 0 Å². The summed E-state index contributed by atoms with van der Waals surface area (Å²) < 4.78 is 0. The lowest BCUT2D eigenvalue weighted by atomic mass is 10.0. The van der Waals surface area contributed by atoms with Crippen molar-refractivity contribution in [1.29, 1.82) is 0 Å². The second-order valence-electron chi connectivity index (χ2n) is 7.22. The predicted molar refractivity (Wildman–Crippen MR) is 105 cm³/mol. The lowest BCUT2D eigenvalue weighted by Gasteiger charge is -2.25. The topological polar surface area (TPSA) is 45.2 Å². The quantitative estimate of drug-likeness (QED) is 0.813. The number of nitrogens with zero attached hydrogens (tertiary/aromatic N) is 2. The molecule has 0 radical (unpaired) electrons. The third-order valence-electron chi connectivity index (χ3n) is 4.17. The van der Waals surface area contributed by atoms with E-state index in [9.17, 15) is 4.79 Å². The van der Waals surface area contributed by atoms with Gasteiger partial charge in [-0.1, -0.05) is 43.7 Å². The van der Waals surface area contributed by atoms with Crippen molar-refractivity contribution in [3.05, 3.63) is 51.0 Å². The molecule has 5 heteroatoms. The first-order valence-corrected chi connectivity index (χ1v) is 9.57. The molecule has 0 spiro atoms. The Morgan fingerprint density at radius 3 is 2.40 bits per heavy atom. The number of carbonyl (C=O) groups excluding carboxylic acids is 1. The van der Waals surface area contributed by atoms with Crippen molar-refractivity contribution in [2.24, 2.45) is 5.92 Å². The maximum atomic E-state index is 12.6. The van der Waals surface area contributed by atoms with E-state index in [1.54, 1.807) is 0 Å². The molecule has 2 rings (SSSR count). The van der Waals surface area contributed by atoms with Gasteiger partial charge in [-0.05, 0) is 39.4 Å². The highest BCUT2D eigenvalue weighted by Crippen LogP contribution is 2.22. The van der Waals surface area contributed by atoms with Gasteiger partial charge in [0.15, 0.2) is 0 Å². The van der Waals surface area contributed by atoms with E-state index < -0.39 is 0 Å². The fourth-order valence-corrected chi connectivity index (χ4v) is 3.95. The Kier molecular flexibility index (Phi) is 6.73. The average Bonchev–Trinajstić information content (AvgIpc) is 2.88. The van der Waals surface area contributed by atoms with E-state index in [2.05, 4.69) is 60.2 Å². The molecule has 0 saturated carbocycles. The number of likely N-dealkylation sites (N-methyl/N-ethyl adjacent to an activating group) is 1. The van der Waals surface area contributed by atoms with Crippen molar-refractivity contribution in [2.75, 3.05) is 20.6 Å². The molecule has 2 aromatic rings. The summed E-state index contributed by atoms with van der Waals surface area (Å²) in [5, 5.41) is 4.13. The Morgan fingerprint density at radius 1 is 1.20 bits per heavy atom. The first-order chi connectivity index (χ1) is 11.8. The maximum Gasteiger partial charge on any atom is 0.263 e. The molecule has 1 amide bonds. The number of rotatable bonds is 7. The Hall–Kier alpha value is -1.72. The fourth-order valence-electron chi connectivity index (χ4n) is 2.76. The van der Waals surface area contributed by atoms with E-state index in [1.807, 2.05) is 21.0 Å². The smallest absolute Gasteiger partial charge is 0.263 e. The van der Waals surface area contributed by atoms with Crippen LogP contribution < -0.4 is 5.32 Å². The summed E-state index contributed by atoms with van der Waals surface area (Å²) in [6.07, 6.45) is 0.919. The molecule has 0 bridgehead atoms. The monoisotopic (exact) mass is 359 g/mol. The summed E-state index contributed by atoms with van der Waals surface area (Å²) in [6, 6.07) is 8.63. The van der Waals surface area contributed by atoms with Crippen LogP contribution in [0.25, 0.3) is 0 Å². The van der Waals surface area contributed by atoms with Crippen molar-refractivity contribution in [3.8, 4) is 0 Å². The molecular weight excluding hydrogens is 330 g/mol. The second kappa shape index (κ2) is 8.59. The molecule has 0 aliphatic carbocycles. The number of amides is 1. The van der Waals surface area contributed by atoms with Crippen molar-refractivity contribution >= 4 is 17.2 Å². The Labute approximate surface area is 155 Å². The molecule has 1 atom stereocenters. The normalized spacial score (nSPS) is 12.6. The number of carbonyl (C=O) groups is 1. The molecular formula is C20H29N3OS. The third kappa shape index (κ3) is 5.38. The molecule has 1 aromatic carbocycles. The molecule has 0 aliphatic rings. The summed E-state index contributed by atoms with van der Waals surface area (Å²) in [6.45, 7) is 8.90. The van der Waals surface area contributed by atoms with Crippen molar-refractivity contribution in [2.45, 2.75) is 40.2 Å². The second-order valence-corrected chi connectivity index (χ2v) is 8.30. The van der Waals surface area contributed by atoms with Gasteiger partial charge in [-0.15, -0.1) is 11.3 Å². The predicted octanol–water partition coefficient (Wildman–Crippen LogP) is 3.99. The van der Waals surface area contributed by atoms with Crippen LogP contribution in [-0.4, -0.2) is 36.4 Å². The summed E-state index contributed by atoms with van der Waals surface area (Å²) in [5.74, 6) is 0.519. The van der Waals surface area contributed by atoms with Gasteiger partial charge in [0.05, 0.1) is 16.7 Å². The number of thiazole rings is 1. The van der Waals surface area contributed by atoms with Crippen LogP contribution in [0.4, 0.5) is 0 Å². The lowest BCUT2D eigenvalue weighted by Crippen LogP contribution is -2.34. The average molecular weight is 360 g/mol. The number of aryl methyl sites for hydroxylation is 2. The van der Waals surface area contributed by atoms with E-state index in [0.29, 0.717) is 12.5 Å². The van der Waals surface area contributed by atoms with E-state index in [-0.39, 0.29) is 11.9 Å². The van der Waals surface area contributed by atoms with Gasteiger partial charge >= 0.3 is 0 Å². The van der Waals surface area contributed by atoms with Gasteiger partial charge in [0.25, 0.3) is 5.91 Å². The largest absolute Gasteiger partial charge is 0.349 e. The van der Waals surface area contributed by atoms with Crippen molar-refractivity contribution in [3.63, 3.8) is 0 Å². The highest BCUT2D eigenvalue weighted by molar-refractivity contribution is 7.13. The molecule has 1 heterocycles. The zero-order chi connectivity index (χ0) is 18.6. The summed E-state index contributed by atoms with van der Waals surface area (Å²) in [5.41, 5.74) is 3.27. The SMILES string of the molecule is Cc1ccc(C(CNC(=O)c2sc(CC(C)C)nc2C)N(C)C)cc1. The van der Waals surface area contributed by atoms with E-state index in [0.717, 1.165) is 22.0 Å². The number of nitrogens with one attached hydrogen (secondary N) is 1. The molecule has 1 N–H and O–H groups in total. The Balaban J connectivity index is 2.06. The summed E-state index contributed by atoms with van der Waals surface area (Å²) in [7, 11) is 4.07. The van der Waals surface area contributed by atoms with E-state index in [1.165, 1.54) is 22.5 Å². The fraction of sp³-hybridized carbons (Fsp3) is 0.500. The van der Waals surface area contributed by atoms with Crippen LogP contribution in [0.2, 0.25) is 0 Å². The van der Waals surface area contributed by atoms with Crippen molar-refractivity contribution in [1.82, 2.24) is 15.2 Å². The van der Waals surface area contributed by atoms with Crippen LogP contribution in [0.5, 0.6) is 0 Å². The van der Waals surface area contributed by atoms with Gasteiger partial charge < -0.3 is 10.2 Å². The first-order valence-electron chi connectivity index (χ1n) is 8.75. The van der Waals surface area contributed by atoms with Crippen LogP contribution in [-0.2, 0) is 6.42 Å². The molecule has 1 unspecified atom stereocenters. The van der Waals surface area contributed by atoms with Crippen LogP contribution >= 0.6 is 11.3 Å². The van der Waals surface area contributed by atoms with E-state index >= 15 is 0 Å². The summed E-state index contributed by atoms with van der Waals surface area (Å²) in [4.78, 5) is 20.0. The van der Waals surface area contributed by atoms with Crippen LogP contribution in [0.1, 0.15) is 51.4 Å². The minimum Gasteiger partial charge on any atom is -0.349 e. The molecule has 0 fully saturated rings. The number of hydrogen-bond donors (Lipinski definition) is 1. The highest BCUT2D eigenvalue weighted by atomic mass is 32.1.